The van der Waals surface area contributed by atoms with Crippen LogP contribution in [-0.2, 0) is 26.0 Å². The minimum absolute atomic E-state index is 0.0912. The fourth-order valence-corrected chi connectivity index (χ4v) is 4.45. The fraction of sp³-hybridized carbons (Fsp3) is 0.200. The Morgan fingerprint density at radius 2 is 1.78 bits per heavy atom. The van der Waals surface area contributed by atoms with Crippen molar-refractivity contribution < 1.29 is 17.9 Å². The molecule has 3 rings (SSSR count). The summed E-state index contributed by atoms with van der Waals surface area (Å²) in [5.74, 6) is -0.812. The summed E-state index contributed by atoms with van der Waals surface area (Å²) in [5.41, 5.74) is 1.98. The zero-order valence-electron chi connectivity index (χ0n) is 14.8. The van der Waals surface area contributed by atoms with Gasteiger partial charge in [0, 0.05) is 11.8 Å². The van der Waals surface area contributed by atoms with Crippen LogP contribution in [0.4, 0.5) is 0 Å². The molecule has 0 unspecified atom stereocenters. The van der Waals surface area contributed by atoms with Crippen molar-refractivity contribution in [1.29, 1.82) is 0 Å². The number of aryl methyl sites for hydroxylation is 1. The van der Waals surface area contributed by atoms with E-state index < -0.39 is 15.8 Å². The van der Waals surface area contributed by atoms with E-state index in [0.717, 1.165) is 21.0 Å². The minimum Gasteiger partial charge on any atom is -0.460 e. The number of hydrogen-bond donors (Lipinski definition) is 0. The van der Waals surface area contributed by atoms with Crippen LogP contribution < -0.4 is 0 Å². The second-order valence-corrected chi connectivity index (χ2v) is 9.26. The third-order valence-corrected chi connectivity index (χ3v) is 6.66. The fourth-order valence-electron chi connectivity index (χ4n) is 2.39. The van der Waals surface area contributed by atoms with Crippen molar-refractivity contribution in [1.82, 2.24) is 4.98 Å². The van der Waals surface area contributed by atoms with Crippen molar-refractivity contribution in [3.63, 3.8) is 0 Å². The Balaban J connectivity index is 1.51. The van der Waals surface area contributed by atoms with E-state index >= 15 is 0 Å². The summed E-state index contributed by atoms with van der Waals surface area (Å²) in [6.45, 7) is 1.98. The number of carbonyl (C=O) groups excluding carboxylic acids is 1. The summed E-state index contributed by atoms with van der Waals surface area (Å²) in [5, 5.41) is 0.851. The van der Waals surface area contributed by atoms with E-state index in [9.17, 15) is 13.2 Å². The predicted molar refractivity (Wildman–Crippen MR) is 105 cm³/mol. The summed E-state index contributed by atoms with van der Waals surface area (Å²) in [7, 11) is -3.50. The Hall–Kier alpha value is -2.51. The molecule has 0 aliphatic rings. The first-order valence-electron chi connectivity index (χ1n) is 8.39. The van der Waals surface area contributed by atoms with Crippen LogP contribution in [0.2, 0.25) is 0 Å². The average Bonchev–Trinajstić information content (AvgIpc) is 3.15. The lowest BCUT2D eigenvalue weighted by atomic mass is 10.2. The van der Waals surface area contributed by atoms with Crippen molar-refractivity contribution in [2.45, 2.75) is 24.8 Å². The molecule has 7 heteroatoms. The van der Waals surface area contributed by atoms with E-state index in [-0.39, 0.29) is 23.7 Å². The second-order valence-electron chi connectivity index (χ2n) is 6.04. The summed E-state index contributed by atoms with van der Waals surface area (Å²) in [6, 6.07) is 16.3. The lowest BCUT2D eigenvalue weighted by molar-refractivity contribution is -0.144. The number of benzene rings is 2. The Labute approximate surface area is 162 Å². The smallest absolute Gasteiger partial charge is 0.307 e. The second kappa shape index (κ2) is 8.45. The highest BCUT2D eigenvalue weighted by atomic mass is 32.2. The molecular formula is C20H19NO4S2. The maximum absolute atomic E-state index is 12.3. The normalized spacial score (nSPS) is 11.3. The Bertz CT molecular complexity index is 1010. The molecule has 0 saturated heterocycles. The van der Waals surface area contributed by atoms with Gasteiger partial charge in [-0.15, -0.1) is 11.3 Å². The molecule has 0 N–H and O–H groups in total. The zero-order valence-corrected chi connectivity index (χ0v) is 16.4. The average molecular weight is 402 g/mol. The topological polar surface area (TPSA) is 73.3 Å². The standard InChI is InChI=1S/C20H19NO4S2/c1-15-7-9-18(10-8-15)27(23,24)12-11-19(22)25-14-17-13-21-20(26-17)16-5-3-2-4-6-16/h2-10,13H,11-12,14H2,1H3. The molecule has 0 bridgehead atoms. The van der Waals surface area contributed by atoms with Gasteiger partial charge >= 0.3 is 5.97 Å². The van der Waals surface area contributed by atoms with E-state index in [1.165, 1.54) is 11.3 Å². The molecular weight excluding hydrogens is 382 g/mol. The number of hydrogen-bond acceptors (Lipinski definition) is 6. The molecule has 0 fully saturated rings. The van der Waals surface area contributed by atoms with Crippen LogP contribution >= 0.6 is 11.3 Å². The van der Waals surface area contributed by atoms with Gasteiger partial charge in [-0.25, -0.2) is 13.4 Å². The van der Waals surface area contributed by atoms with Crippen LogP contribution in [0.5, 0.6) is 0 Å². The number of aromatic nitrogens is 1. The molecule has 3 aromatic rings. The van der Waals surface area contributed by atoms with E-state index in [0.29, 0.717) is 0 Å². The molecule has 1 heterocycles. The van der Waals surface area contributed by atoms with Crippen molar-refractivity contribution in [2.75, 3.05) is 5.75 Å². The maximum Gasteiger partial charge on any atom is 0.307 e. The summed E-state index contributed by atoms with van der Waals surface area (Å²) in [4.78, 5) is 17.3. The van der Waals surface area contributed by atoms with Gasteiger partial charge in [0.2, 0.25) is 0 Å². The molecule has 140 valence electrons. The van der Waals surface area contributed by atoms with Crippen LogP contribution in [0, 0.1) is 6.92 Å². The quantitative estimate of drug-likeness (QED) is 0.559. The third-order valence-electron chi connectivity index (χ3n) is 3.90. The molecule has 1 aromatic heterocycles. The van der Waals surface area contributed by atoms with Crippen LogP contribution in [0.15, 0.2) is 65.7 Å². The summed E-state index contributed by atoms with van der Waals surface area (Å²) >= 11 is 1.44. The highest BCUT2D eigenvalue weighted by molar-refractivity contribution is 7.91. The molecule has 0 aliphatic heterocycles. The maximum atomic E-state index is 12.3. The zero-order chi connectivity index (χ0) is 19.3. The van der Waals surface area contributed by atoms with E-state index in [2.05, 4.69) is 4.98 Å². The molecule has 5 nitrogen and oxygen atoms in total. The molecule has 0 radical (unpaired) electrons. The lowest BCUT2D eigenvalue weighted by Crippen LogP contribution is -2.13. The highest BCUT2D eigenvalue weighted by Crippen LogP contribution is 2.25. The van der Waals surface area contributed by atoms with Crippen LogP contribution in [0.25, 0.3) is 10.6 Å². The molecule has 2 aromatic carbocycles. The van der Waals surface area contributed by atoms with E-state index in [4.69, 9.17) is 4.74 Å². The highest BCUT2D eigenvalue weighted by Gasteiger charge is 2.17. The lowest BCUT2D eigenvalue weighted by Gasteiger charge is -2.05. The molecule has 0 saturated carbocycles. The van der Waals surface area contributed by atoms with Gasteiger partial charge in [-0.1, -0.05) is 48.0 Å². The van der Waals surface area contributed by atoms with Gasteiger partial charge < -0.3 is 4.74 Å². The molecule has 0 spiro atoms. The van der Waals surface area contributed by atoms with Crippen LogP contribution in [-0.4, -0.2) is 25.1 Å². The van der Waals surface area contributed by atoms with E-state index in [1.807, 2.05) is 37.3 Å². The number of sulfone groups is 1. The number of nitrogens with zero attached hydrogens (tertiary/aromatic N) is 1. The first kappa shape index (κ1) is 19.3. The predicted octanol–water partition coefficient (Wildman–Crippen LogP) is 4.03. The van der Waals surface area contributed by atoms with Gasteiger partial charge in [0.25, 0.3) is 0 Å². The van der Waals surface area contributed by atoms with Crippen LogP contribution in [0.1, 0.15) is 16.9 Å². The summed E-state index contributed by atoms with van der Waals surface area (Å²) < 4.78 is 29.7. The number of rotatable bonds is 7. The van der Waals surface area contributed by atoms with Gasteiger partial charge in [-0.3, -0.25) is 4.79 Å². The number of ether oxygens (including phenoxy) is 1. The Morgan fingerprint density at radius 3 is 2.48 bits per heavy atom. The van der Waals surface area contributed by atoms with Crippen molar-refractivity contribution in [2.24, 2.45) is 0 Å². The molecule has 0 aliphatic carbocycles. The van der Waals surface area contributed by atoms with E-state index in [1.54, 1.807) is 30.5 Å². The Morgan fingerprint density at radius 1 is 1.07 bits per heavy atom. The van der Waals surface area contributed by atoms with Gasteiger partial charge in [0.1, 0.15) is 11.6 Å². The molecule has 27 heavy (non-hydrogen) atoms. The molecule has 0 atom stereocenters. The van der Waals surface area contributed by atoms with Crippen molar-refractivity contribution in [3.8, 4) is 10.6 Å². The number of esters is 1. The SMILES string of the molecule is Cc1ccc(S(=O)(=O)CCC(=O)OCc2cnc(-c3ccccc3)s2)cc1. The van der Waals surface area contributed by atoms with Gasteiger partial charge in [0.05, 0.1) is 21.9 Å². The minimum atomic E-state index is -3.50. The van der Waals surface area contributed by atoms with Crippen molar-refractivity contribution in [3.05, 3.63) is 71.2 Å². The van der Waals surface area contributed by atoms with Crippen LogP contribution in [0.3, 0.4) is 0 Å². The molecule has 0 amide bonds. The van der Waals surface area contributed by atoms with Gasteiger partial charge in [0.15, 0.2) is 9.84 Å². The van der Waals surface area contributed by atoms with Crippen molar-refractivity contribution >= 4 is 27.1 Å². The first-order chi connectivity index (χ1) is 12.9. The monoisotopic (exact) mass is 401 g/mol. The first-order valence-corrected chi connectivity index (χ1v) is 10.9. The summed E-state index contributed by atoms with van der Waals surface area (Å²) in [6.07, 6.45) is 1.49. The third kappa shape index (κ3) is 5.24. The number of carbonyl (C=O) groups is 1. The number of thiazole rings is 1. The Kier molecular flexibility index (Phi) is 6.03. The van der Waals surface area contributed by atoms with Gasteiger partial charge in [-0.2, -0.15) is 0 Å². The van der Waals surface area contributed by atoms with Gasteiger partial charge in [-0.05, 0) is 19.1 Å². The largest absolute Gasteiger partial charge is 0.460 e.